The molecule has 4 rings (SSSR count). The largest absolute Gasteiger partial charge is 0.495 e. The fraction of sp³-hybridized carbons (Fsp3) is 0.429. The third kappa shape index (κ3) is 4.26. The lowest BCUT2D eigenvalue weighted by molar-refractivity contribution is -0.903. The Morgan fingerprint density at radius 1 is 1.11 bits per heavy atom. The maximum atomic E-state index is 10.4. The Bertz CT molecular complexity index is 792. The molecule has 2 aliphatic heterocycles. The highest BCUT2D eigenvalue weighted by molar-refractivity contribution is 5.58. The fourth-order valence-corrected chi connectivity index (χ4v) is 3.71. The van der Waals surface area contributed by atoms with Crippen molar-refractivity contribution in [2.45, 2.75) is 6.10 Å². The van der Waals surface area contributed by atoms with Crippen molar-refractivity contribution in [1.29, 1.82) is 0 Å². The fourth-order valence-electron chi connectivity index (χ4n) is 3.71. The Balaban J connectivity index is 1.23. The van der Waals surface area contributed by atoms with Crippen LogP contribution in [0.3, 0.4) is 0 Å². The standard InChI is InChI=1S/C21H26N2O5/c1-25-19-5-3-2-4-18(19)23-10-8-22(9-11-23)13-16(24)14-26-17-6-7-20-21(12-17)28-15-27-20/h2-7,12,16,24H,8-11,13-15H2,1H3/p+1/t16-/m0/s1. The second-order valence-corrected chi connectivity index (χ2v) is 7.09. The number of aliphatic hydroxyl groups excluding tert-OH is 1. The number of quaternary nitrogens is 1. The van der Waals surface area contributed by atoms with Crippen LogP contribution in [0.1, 0.15) is 0 Å². The summed E-state index contributed by atoms with van der Waals surface area (Å²) in [4.78, 5) is 3.73. The summed E-state index contributed by atoms with van der Waals surface area (Å²) < 4.78 is 21.8. The van der Waals surface area contributed by atoms with Gasteiger partial charge >= 0.3 is 0 Å². The van der Waals surface area contributed by atoms with E-state index in [-0.39, 0.29) is 13.4 Å². The molecule has 7 heteroatoms. The van der Waals surface area contributed by atoms with E-state index >= 15 is 0 Å². The lowest BCUT2D eigenvalue weighted by Gasteiger charge is -2.35. The van der Waals surface area contributed by atoms with Crippen molar-refractivity contribution in [2.75, 3.05) is 58.1 Å². The van der Waals surface area contributed by atoms with Gasteiger partial charge in [0.1, 0.15) is 30.8 Å². The predicted octanol–water partition coefficient (Wildman–Crippen LogP) is 0.569. The van der Waals surface area contributed by atoms with Crippen LogP contribution >= 0.6 is 0 Å². The second-order valence-electron chi connectivity index (χ2n) is 7.09. The van der Waals surface area contributed by atoms with Crippen LogP contribution in [0.2, 0.25) is 0 Å². The summed E-state index contributed by atoms with van der Waals surface area (Å²) in [6.45, 7) is 4.99. The zero-order valence-corrected chi connectivity index (χ0v) is 16.1. The Morgan fingerprint density at radius 3 is 2.71 bits per heavy atom. The van der Waals surface area contributed by atoms with Gasteiger partial charge in [-0.25, -0.2) is 0 Å². The van der Waals surface area contributed by atoms with E-state index in [9.17, 15) is 5.11 Å². The number of para-hydroxylation sites is 2. The van der Waals surface area contributed by atoms with Crippen LogP contribution in [-0.2, 0) is 0 Å². The number of aliphatic hydroxyl groups is 1. The Morgan fingerprint density at radius 2 is 1.89 bits per heavy atom. The van der Waals surface area contributed by atoms with E-state index in [1.54, 1.807) is 13.2 Å². The molecule has 1 atom stereocenters. The highest BCUT2D eigenvalue weighted by Crippen LogP contribution is 2.35. The van der Waals surface area contributed by atoms with Gasteiger partial charge in [0.25, 0.3) is 0 Å². The SMILES string of the molecule is COc1ccccc1N1CC[NH+](C[C@H](O)COc2ccc3c(c2)OCO3)CC1. The minimum Gasteiger partial charge on any atom is -0.495 e. The molecule has 0 spiro atoms. The van der Waals surface area contributed by atoms with Crippen LogP contribution in [0, 0.1) is 0 Å². The quantitative estimate of drug-likeness (QED) is 0.724. The molecule has 150 valence electrons. The first-order chi connectivity index (χ1) is 13.7. The molecular weight excluding hydrogens is 360 g/mol. The molecule has 2 aromatic rings. The van der Waals surface area contributed by atoms with Gasteiger partial charge in [-0.2, -0.15) is 0 Å². The summed E-state index contributed by atoms with van der Waals surface area (Å²) in [6.07, 6.45) is -0.516. The first-order valence-corrected chi connectivity index (χ1v) is 9.65. The van der Waals surface area contributed by atoms with E-state index in [0.717, 1.165) is 43.4 Å². The molecule has 2 aromatic carbocycles. The predicted molar refractivity (Wildman–Crippen MR) is 105 cm³/mol. The average molecular weight is 387 g/mol. The number of nitrogens with zero attached hydrogens (tertiary/aromatic N) is 1. The molecule has 0 radical (unpaired) electrons. The monoisotopic (exact) mass is 387 g/mol. The van der Waals surface area contributed by atoms with Gasteiger partial charge in [-0.15, -0.1) is 0 Å². The molecule has 28 heavy (non-hydrogen) atoms. The smallest absolute Gasteiger partial charge is 0.231 e. The highest BCUT2D eigenvalue weighted by atomic mass is 16.7. The number of piperazine rings is 1. The maximum absolute atomic E-state index is 10.4. The van der Waals surface area contributed by atoms with Gasteiger partial charge in [0, 0.05) is 6.07 Å². The number of hydrogen-bond donors (Lipinski definition) is 2. The van der Waals surface area contributed by atoms with Crippen molar-refractivity contribution < 1.29 is 29.0 Å². The Hall–Kier alpha value is -2.64. The van der Waals surface area contributed by atoms with Crippen LogP contribution in [0.4, 0.5) is 5.69 Å². The van der Waals surface area contributed by atoms with E-state index < -0.39 is 6.10 Å². The van der Waals surface area contributed by atoms with Gasteiger partial charge in [0.15, 0.2) is 11.5 Å². The summed E-state index contributed by atoms with van der Waals surface area (Å²) in [5.74, 6) is 3.00. The molecular formula is C21H27N2O5+. The van der Waals surface area contributed by atoms with Crippen molar-refractivity contribution in [1.82, 2.24) is 0 Å². The Kier molecular flexibility index (Phi) is 5.73. The molecule has 0 unspecified atom stereocenters. The molecule has 2 N–H and O–H groups in total. The number of ether oxygens (including phenoxy) is 4. The number of methoxy groups -OCH3 is 1. The molecule has 0 saturated carbocycles. The molecule has 0 aromatic heterocycles. The molecule has 0 aliphatic carbocycles. The zero-order valence-electron chi connectivity index (χ0n) is 16.1. The van der Waals surface area contributed by atoms with Crippen LogP contribution in [0.25, 0.3) is 0 Å². The summed E-state index contributed by atoms with van der Waals surface area (Å²) in [5.41, 5.74) is 1.13. The molecule has 7 nitrogen and oxygen atoms in total. The highest BCUT2D eigenvalue weighted by Gasteiger charge is 2.24. The third-order valence-corrected chi connectivity index (χ3v) is 5.21. The average Bonchev–Trinajstić information content (AvgIpc) is 3.21. The minimum absolute atomic E-state index is 0.242. The van der Waals surface area contributed by atoms with Gasteiger partial charge in [-0.1, -0.05) is 12.1 Å². The minimum atomic E-state index is -0.516. The number of anilines is 1. The topological polar surface area (TPSA) is 64.8 Å². The summed E-state index contributed by atoms with van der Waals surface area (Å²) in [6, 6.07) is 13.6. The lowest BCUT2D eigenvalue weighted by atomic mass is 10.2. The normalized spacial score (nSPS) is 17.4. The number of nitrogens with one attached hydrogen (secondary N) is 1. The van der Waals surface area contributed by atoms with Crippen molar-refractivity contribution in [2.24, 2.45) is 0 Å². The molecule has 2 heterocycles. The van der Waals surface area contributed by atoms with E-state index in [2.05, 4.69) is 11.0 Å². The third-order valence-electron chi connectivity index (χ3n) is 5.21. The summed E-state index contributed by atoms with van der Waals surface area (Å²) in [5, 5.41) is 10.4. The zero-order chi connectivity index (χ0) is 19.3. The number of benzene rings is 2. The van der Waals surface area contributed by atoms with E-state index in [4.69, 9.17) is 18.9 Å². The number of fused-ring (bicyclic) bond motifs is 1. The van der Waals surface area contributed by atoms with Crippen LogP contribution in [0.15, 0.2) is 42.5 Å². The van der Waals surface area contributed by atoms with Gasteiger partial charge < -0.3 is 33.9 Å². The first-order valence-electron chi connectivity index (χ1n) is 9.65. The van der Waals surface area contributed by atoms with Crippen LogP contribution in [-0.4, -0.2) is 64.4 Å². The maximum Gasteiger partial charge on any atom is 0.231 e. The number of hydrogen-bond acceptors (Lipinski definition) is 6. The van der Waals surface area contributed by atoms with Gasteiger partial charge in [-0.05, 0) is 24.3 Å². The van der Waals surface area contributed by atoms with Crippen LogP contribution in [0.5, 0.6) is 23.0 Å². The molecule has 1 saturated heterocycles. The second kappa shape index (κ2) is 8.58. The van der Waals surface area contributed by atoms with Crippen LogP contribution < -0.4 is 28.7 Å². The number of rotatable bonds is 7. The molecule has 0 bridgehead atoms. The van der Waals surface area contributed by atoms with Gasteiger partial charge in [0.05, 0.1) is 39.0 Å². The van der Waals surface area contributed by atoms with E-state index in [0.29, 0.717) is 18.0 Å². The van der Waals surface area contributed by atoms with E-state index in [1.165, 1.54) is 4.90 Å². The van der Waals surface area contributed by atoms with E-state index in [1.807, 2.05) is 30.3 Å². The van der Waals surface area contributed by atoms with Gasteiger partial charge in [0.2, 0.25) is 6.79 Å². The summed E-state index contributed by atoms with van der Waals surface area (Å²) in [7, 11) is 1.71. The van der Waals surface area contributed by atoms with Gasteiger partial charge in [-0.3, -0.25) is 0 Å². The Labute approximate surface area is 165 Å². The van der Waals surface area contributed by atoms with Crippen molar-refractivity contribution in [3.05, 3.63) is 42.5 Å². The summed E-state index contributed by atoms with van der Waals surface area (Å²) >= 11 is 0. The van der Waals surface area contributed by atoms with Crippen molar-refractivity contribution >= 4 is 5.69 Å². The van der Waals surface area contributed by atoms with Crippen molar-refractivity contribution in [3.8, 4) is 23.0 Å². The lowest BCUT2D eigenvalue weighted by Crippen LogP contribution is -3.16. The molecule has 1 fully saturated rings. The van der Waals surface area contributed by atoms with Crippen molar-refractivity contribution in [3.63, 3.8) is 0 Å². The molecule has 2 aliphatic rings. The molecule has 0 amide bonds. The first kappa shape index (κ1) is 18.7.